The van der Waals surface area contributed by atoms with Crippen LogP contribution in [0.4, 0.5) is 5.69 Å². The lowest BCUT2D eigenvalue weighted by atomic mass is 9.52. The van der Waals surface area contributed by atoms with E-state index >= 15 is 0 Å². The fraction of sp³-hybridized carbons (Fsp3) is 0.462. The van der Waals surface area contributed by atoms with E-state index in [4.69, 9.17) is 10.8 Å². The van der Waals surface area contributed by atoms with Gasteiger partial charge in [-0.15, -0.1) is 0 Å². The molecule has 1 aromatic carbocycles. The van der Waals surface area contributed by atoms with Gasteiger partial charge in [-0.25, -0.2) is 4.79 Å². The molecule has 0 aliphatic heterocycles. The summed E-state index contributed by atoms with van der Waals surface area (Å²) < 4.78 is 0. The van der Waals surface area contributed by atoms with Crippen molar-refractivity contribution >= 4 is 40.7 Å². The van der Waals surface area contributed by atoms with E-state index in [-0.39, 0.29) is 24.0 Å². The number of ketones is 4. The van der Waals surface area contributed by atoms with E-state index in [0.717, 1.165) is 0 Å². The lowest BCUT2D eigenvalue weighted by Crippen LogP contribution is -2.74. The molecular formula is C26H27N3O9. The van der Waals surface area contributed by atoms with E-state index in [1.54, 1.807) is 19.0 Å². The van der Waals surface area contributed by atoms with Gasteiger partial charge >= 0.3 is 5.97 Å². The second-order valence-electron chi connectivity index (χ2n) is 10.4. The number of amides is 1. The number of aromatic hydroxyl groups is 1. The number of nitrogens with zero attached hydrogens (tertiary/aromatic N) is 2. The van der Waals surface area contributed by atoms with Crippen molar-refractivity contribution in [2.24, 2.45) is 29.4 Å². The SMILES string of the molecule is CN(C)c1cc(C#CC(=O)O)c(O)c2c1C[C@@H]1C[C@@H]3[C@@H](N(C)C)C(=O)C(C(N)=O)C(=O)[C@]3(O)C(=O)C1C2=O. The number of fused-ring (bicyclic) bond motifs is 3. The minimum absolute atomic E-state index is 0.0713. The zero-order valence-electron chi connectivity index (χ0n) is 21.1. The van der Waals surface area contributed by atoms with Gasteiger partial charge in [0.05, 0.1) is 23.1 Å². The van der Waals surface area contributed by atoms with Crippen molar-refractivity contribution in [2.45, 2.75) is 24.5 Å². The van der Waals surface area contributed by atoms with E-state index in [1.165, 1.54) is 25.1 Å². The Morgan fingerprint density at radius 3 is 2.26 bits per heavy atom. The Morgan fingerprint density at radius 1 is 1.11 bits per heavy atom. The average Bonchev–Trinajstić information content (AvgIpc) is 2.80. The van der Waals surface area contributed by atoms with Gasteiger partial charge in [-0.1, -0.05) is 5.92 Å². The van der Waals surface area contributed by atoms with E-state index in [0.29, 0.717) is 11.3 Å². The van der Waals surface area contributed by atoms with Gasteiger partial charge in [0.25, 0.3) is 0 Å². The summed E-state index contributed by atoms with van der Waals surface area (Å²) in [6, 6.07) is 0.249. The summed E-state index contributed by atoms with van der Waals surface area (Å²) in [4.78, 5) is 80.2. The maximum absolute atomic E-state index is 13.8. The van der Waals surface area contributed by atoms with Gasteiger partial charge in [-0.2, -0.15) is 0 Å². The minimum Gasteiger partial charge on any atom is -0.506 e. The number of phenols is 1. The number of anilines is 1. The number of carbonyl (C=O) groups excluding carboxylic acids is 5. The number of hydrogen-bond acceptors (Lipinski definition) is 10. The highest BCUT2D eigenvalue weighted by Crippen LogP contribution is 2.52. The number of rotatable bonds is 3. The number of carbonyl (C=O) groups is 6. The first kappa shape index (κ1) is 27.0. The summed E-state index contributed by atoms with van der Waals surface area (Å²) in [7, 11) is 6.37. The highest BCUT2D eigenvalue weighted by molar-refractivity contribution is 6.32. The Hall–Kier alpha value is -4.08. The van der Waals surface area contributed by atoms with Gasteiger partial charge in [0.15, 0.2) is 34.7 Å². The number of Topliss-reactive ketones (excluding diaryl/α,β-unsaturated/α-hetero) is 4. The van der Waals surface area contributed by atoms with Gasteiger partial charge in [0.2, 0.25) is 5.91 Å². The number of primary amides is 1. The molecule has 0 spiro atoms. The van der Waals surface area contributed by atoms with Crippen molar-refractivity contribution in [1.82, 2.24) is 4.90 Å². The molecule has 5 N–H and O–H groups in total. The smallest absolute Gasteiger partial charge is 0.382 e. The molecule has 0 bridgehead atoms. The first-order valence-corrected chi connectivity index (χ1v) is 11.8. The number of phenolic OH excluding ortho intramolecular Hbond substituents is 1. The van der Waals surface area contributed by atoms with Crippen LogP contribution in [0.5, 0.6) is 5.75 Å². The standard InChI is InChI=1S/C26H27N3O9/c1-28(2)14-9-10(5-6-15(30)31)20(32)17-12(14)7-11-8-13-19(29(3)4)22(34)18(25(27)37)24(36)26(13,38)23(35)16(11)21(17)33/h9,11,13,16,18-19,32,38H,7-8H2,1-4H3,(H2,27,37)(H,30,31)/t11-,13-,16?,18?,19-,26-/m1/s1. The Balaban J connectivity index is 1.92. The Labute approximate surface area is 217 Å². The maximum atomic E-state index is 13.8. The van der Waals surface area contributed by atoms with Gasteiger partial charge in [-0.05, 0) is 44.5 Å². The highest BCUT2D eigenvalue weighted by Gasteiger charge is 2.69. The summed E-state index contributed by atoms with van der Waals surface area (Å²) in [5, 5.41) is 31.5. The van der Waals surface area contributed by atoms with Crippen molar-refractivity contribution in [3.05, 3.63) is 22.8 Å². The molecule has 2 fully saturated rings. The molecule has 200 valence electrons. The molecule has 0 aromatic heterocycles. The third kappa shape index (κ3) is 3.69. The second-order valence-corrected chi connectivity index (χ2v) is 10.4. The summed E-state index contributed by atoms with van der Waals surface area (Å²) in [6.45, 7) is 0. The molecule has 2 unspecified atom stereocenters. The van der Waals surface area contributed by atoms with Crippen LogP contribution in [0.15, 0.2) is 6.07 Å². The van der Waals surface area contributed by atoms with Crippen LogP contribution in [0.3, 0.4) is 0 Å². The number of nitrogens with two attached hydrogens (primary N) is 1. The molecule has 3 aliphatic carbocycles. The van der Waals surface area contributed by atoms with Crippen molar-refractivity contribution in [1.29, 1.82) is 0 Å². The molecule has 0 saturated heterocycles. The molecule has 4 rings (SSSR count). The van der Waals surface area contributed by atoms with Crippen LogP contribution < -0.4 is 10.6 Å². The fourth-order valence-electron chi connectivity index (χ4n) is 6.27. The van der Waals surface area contributed by atoms with Crippen LogP contribution in [-0.2, 0) is 30.4 Å². The van der Waals surface area contributed by atoms with E-state index in [9.17, 15) is 39.0 Å². The average molecular weight is 526 g/mol. The number of hydrogen-bond donors (Lipinski definition) is 4. The predicted molar refractivity (Wildman–Crippen MR) is 130 cm³/mol. The normalized spacial score (nSPS) is 30.1. The summed E-state index contributed by atoms with van der Waals surface area (Å²) in [5.74, 6) is -8.94. The number of carboxylic acids is 1. The van der Waals surface area contributed by atoms with Crippen molar-refractivity contribution in [3.8, 4) is 17.6 Å². The van der Waals surface area contributed by atoms with Crippen LogP contribution in [0.25, 0.3) is 0 Å². The molecule has 12 nitrogen and oxygen atoms in total. The van der Waals surface area contributed by atoms with Crippen LogP contribution in [0.2, 0.25) is 0 Å². The molecule has 12 heteroatoms. The monoisotopic (exact) mass is 525 g/mol. The Bertz CT molecular complexity index is 1390. The van der Waals surface area contributed by atoms with E-state index < -0.39 is 76.1 Å². The minimum atomic E-state index is -2.82. The van der Waals surface area contributed by atoms with Gasteiger partial charge in [0.1, 0.15) is 5.75 Å². The van der Waals surface area contributed by atoms with Crippen LogP contribution in [0.1, 0.15) is 27.9 Å². The first-order chi connectivity index (χ1) is 17.6. The number of likely N-dealkylation sites (N-methyl/N-ethyl adjacent to an activating group) is 1. The van der Waals surface area contributed by atoms with Crippen molar-refractivity contribution < 1.29 is 44.1 Å². The molecule has 1 aromatic rings. The van der Waals surface area contributed by atoms with Crippen molar-refractivity contribution in [2.75, 3.05) is 33.1 Å². The molecular weight excluding hydrogens is 498 g/mol. The number of benzene rings is 1. The zero-order valence-corrected chi connectivity index (χ0v) is 21.1. The summed E-state index contributed by atoms with van der Waals surface area (Å²) in [5.41, 5.74) is 2.94. The maximum Gasteiger partial charge on any atom is 0.382 e. The van der Waals surface area contributed by atoms with Crippen LogP contribution in [0, 0.1) is 35.5 Å². The third-order valence-corrected chi connectivity index (χ3v) is 7.82. The quantitative estimate of drug-likeness (QED) is 0.261. The number of aliphatic carboxylic acids is 1. The second kappa shape index (κ2) is 9.04. The molecule has 0 heterocycles. The van der Waals surface area contributed by atoms with Crippen molar-refractivity contribution in [3.63, 3.8) is 0 Å². The highest BCUT2D eigenvalue weighted by atomic mass is 16.4. The van der Waals surface area contributed by atoms with E-state index in [2.05, 4.69) is 5.92 Å². The van der Waals surface area contributed by atoms with Gasteiger partial charge < -0.3 is 26.0 Å². The number of aliphatic hydroxyl groups is 1. The lowest BCUT2D eigenvalue weighted by molar-refractivity contribution is -0.181. The molecule has 38 heavy (non-hydrogen) atoms. The fourth-order valence-corrected chi connectivity index (χ4v) is 6.27. The Kier molecular flexibility index (Phi) is 6.41. The summed E-state index contributed by atoms with van der Waals surface area (Å²) >= 11 is 0. The predicted octanol–water partition coefficient (Wildman–Crippen LogP) is -1.63. The Morgan fingerprint density at radius 2 is 1.74 bits per heavy atom. The van der Waals surface area contributed by atoms with Gasteiger partial charge in [-0.3, -0.25) is 28.9 Å². The van der Waals surface area contributed by atoms with Gasteiger partial charge in [0, 0.05) is 31.6 Å². The molecule has 3 aliphatic rings. The third-order valence-electron chi connectivity index (χ3n) is 7.82. The first-order valence-electron chi connectivity index (χ1n) is 11.8. The topological polar surface area (TPSA) is 196 Å². The van der Waals surface area contributed by atoms with E-state index in [1.807, 2.05) is 5.92 Å². The number of carboxylic acid groups (broad SMARTS) is 1. The molecule has 0 radical (unpaired) electrons. The lowest BCUT2D eigenvalue weighted by Gasteiger charge is -2.52. The zero-order chi connectivity index (χ0) is 28.4. The van der Waals surface area contributed by atoms with Crippen LogP contribution >= 0.6 is 0 Å². The summed E-state index contributed by atoms with van der Waals surface area (Å²) in [6.07, 6.45) is 0.0116. The largest absolute Gasteiger partial charge is 0.506 e. The molecule has 1 amide bonds. The molecule has 2 saturated carbocycles. The van der Waals surface area contributed by atoms with Crippen LogP contribution in [-0.4, -0.2) is 95.1 Å². The molecule has 6 atom stereocenters.